The zero-order chi connectivity index (χ0) is 11.4. The van der Waals surface area contributed by atoms with E-state index in [1.165, 1.54) is 0 Å². The maximum Gasteiger partial charge on any atom is 0.120 e. The van der Waals surface area contributed by atoms with E-state index in [1.807, 2.05) is 0 Å². The molecule has 0 aromatic heterocycles. The van der Waals surface area contributed by atoms with Crippen LogP contribution in [0.1, 0.15) is 26.3 Å². The van der Waals surface area contributed by atoms with Crippen molar-refractivity contribution in [2.24, 2.45) is 5.92 Å². The van der Waals surface area contributed by atoms with E-state index in [0.717, 1.165) is 5.56 Å². The molecule has 0 unspecified atom stereocenters. The number of halogens is 1. The van der Waals surface area contributed by atoms with Crippen molar-refractivity contribution in [3.63, 3.8) is 0 Å². The van der Waals surface area contributed by atoms with Crippen molar-refractivity contribution in [1.29, 1.82) is 0 Å². The fourth-order valence-electron chi connectivity index (χ4n) is 1.20. The van der Waals surface area contributed by atoms with Gasteiger partial charge in [0.1, 0.15) is 5.75 Å². The highest BCUT2D eigenvalue weighted by Gasteiger charge is 2.07. The highest BCUT2D eigenvalue weighted by Crippen LogP contribution is 2.21. The molecule has 2 nitrogen and oxygen atoms in total. The van der Waals surface area contributed by atoms with Crippen LogP contribution in [0.4, 0.5) is 0 Å². The van der Waals surface area contributed by atoms with E-state index in [2.05, 4.69) is 26.1 Å². The summed E-state index contributed by atoms with van der Waals surface area (Å²) in [6, 6.07) is 5.52. The molecule has 0 radical (unpaired) electrons. The Kier molecular flexibility index (Phi) is 4.43. The maximum absolute atomic E-state index is 9.59. The molecule has 84 valence electrons. The third-order valence-corrected chi connectivity index (χ3v) is 2.89. The molecule has 0 saturated heterocycles. The van der Waals surface area contributed by atoms with E-state index in [0.29, 0.717) is 29.3 Å². The molecular weight excluding hydrogens is 210 g/mol. The predicted molar refractivity (Wildman–Crippen MR) is 64.3 cm³/mol. The van der Waals surface area contributed by atoms with Crippen LogP contribution in [0.5, 0.6) is 5.75 Å². The molecule has 1 aromatic carbocycles. The van der Waals surface area contributed by atoms with Gasteiger partial charge in [-0.25, -0.2) is 0 Å². The molecule has 0 spiro atoms. The molecule has 0 bridgehead atoms. The standard InChI is InChI=1S/C12H18ClNO/c1-8(2)9(3)14-7-10-6-11(13)4-5-12(10)15/h4-6,8-9,14-15H,7H2,1-3H3/t9-/m1/s1. The number of phenols is 1. The van der Waals surface area contributed by atoms with Crippen molar-refractivity contribution in [1.82, 2.24) is 5.32 Å². The molecule has 2 N–H and O–H groups in total. The highest BCUT2D eigenvalue weighted by molar-refractivity contribution is 6.30. The van der Waals surface area contributed by atoms with Gasteiger partial charge in [-0.1, -0.05) is 25.4 Å². The Hall–Kier alpha value is -0.730. The topological polar surface area (TPSA) is 32.3 Å². The van der Waals surface area contributed by atoms with Crippen LogP contribution < -0.4 is 5.32 Å². The Balaban J connectivity index is 2.61. The van der Waals surface area contributed by atoms with Crippen molar-refractivity contribution in [2.45, 2.75) is 33.4 Å². The van der Waals surface area contributed by atoms with Crippen LogP contribution in [0.15, 0.2) is 18.2 Å². The van der Waals surface area contributed by atoms with Gasteiger partial charge >= 0.3 is 0 Å². The summed E-state index contributed by atoms with van der Waals surface area (Å²) < 4.78 is 0. The summed E-state index contributed by atoms with van der Waals surface area (Å²) in [5.41, 5.74) is 0.843. The molecule has 0 heterocycles. The van der Waals surface area contributed by atoms with Crippen molar-refractivity contribution in [2.75, 3.05) is 0 Å². The molecule has 1 aromatic rings. The zero-order valence-corrected chi connectivity index (χ0v) is 10.2. The number of aromatic hydroxyl groups is 1. The molecule has 3 heteroatoms. The first-order valence-corrected chi connectivity index (χ1v) is 5.59. The minimum atomic E-state index is 0.294. The van der Waals surface area contributed by atoms with Crippen LogP contribution in [0.25, 0.3) is 0 Å². The lowest BCUT2D eigenvalue weighted by molar-refractivity contribution is 0.415. The maximum atomic E-state index is 9.59. The molecule has 0 aliphatic carbocycles. The van der Waals surface area contributed by atoms with Crippen molar-refractivity contribution < 1.29 is 5.11 Å². The minimum absolute atomic E-state index is 0.294. The fraction of sp³-hybridized carbons (Fsp3) is 0.500. The summed E-state index contributed by atoms with van der Waals surface area (Å²) in [7, 11) is 0. The number of hydrogen-bond donors (Lipinski definition) is 2. The zero-order valence-electron chi connectivity index (χ0n) is 9.42. The first kappa shape index (κ1) is 12.3. The minimum Gasteiger partial charge on any atom is -0.508 e. The van der Waals surface area contributed by atoms with Gasteiger partial charge in [-0.3, -0.25) is 0 Å². The Bertz CT molecular complexity index is 325. The van der Waals surface area contributed by atoms with Gasteiger partial charge in [0.25, 0.3) is 0 Å². The molecule has 0 aliphatic rings. The Morgan fingerprint density at radius 3 is 2.60 bits per heavy atom. The van der Waals surface area contributed by atoms with Gasteiger partial charge in [-0.05, 0) is 31.0 Å². The van der Waals surface area contributed by atoms with Gasteiger partial charge in [0.2, 0.25) is 0 Å². The van der Waals surface area contributed by atoms with Crippen LogP contribution in [-0.4, -0.2) is 11.1 Å². The van der Waals surface area contributed by atoms with E-state index in [4.69, 9.17) is 11.6 Å². The van der Waals surface area contributed by atoms with Gasteiger partial charge in [-0.15, -0.1) is 0 Å². The molecule has 0 amide bonds. The third kappa shape index (κ3) is 3.73. The van der Waals surface area contributed by atoms with Crippen molar-refractivity contribution >= 4 is 11.6 Å². The van der Waals surface area contributed by atoms with E-state index < -0.39 is 0 Å². The number of phenolic OH excluding ortho intramolecular Hbond substituents is 1. The van der Waals surface area contributed by atoms with Crippen LogP contribution in [0.2, 0.25) is 5.02 Å². The molecule has 1 atom stereocenters. The fourth-order valence-corrected chi connectivity index (χ4v) is 1.40. The Morgan fingerprint density at radius 1 is 1.33 bits per heavy atom. The lowest BCUT2D eigenvalue weighted by atomic mass is 10.1. The molecular formula is C12H18ClNO. The van der Waals surface area contributed by atoms with E-state index in [9.17, 15) is 5.11 Å². The van der Waals surface area contributed by atoms with Gasteiger partial charge in [0.05, 0.1) is 0 Å². The summed E-state index contributed by atoms with van der Waals surface area (Å²) in [6.45, 7) is 7.10. The van der Waals surface area contributed by atoms with E-state index in [1.54, 1.807) is 18.2 Å². The first-order chi connectivity index (χ1) is 7.00. The van der Waals surface area contributed by atoms with Crippen molar-refractivity contribution in [3.8, 4) is 5.75 Å². The van der Waals surface area contributed by atoms with Crippen LogP contribution in [0.3, 0.4) is 0 Å². The molecule has 0 saturated carbocycles. The quantitative estimate of drug-likeness (QED) is 0.828. The van der Waals surface area contributed by atoms with Gasteiger partial charge in [0.15, 0.2) is 0 Å². The van der Waals surface area contributed by atoms with Crippen LogP contribution in [0, 0.1) is 5.92 Å². The summed E-state index contributed by atoms with van der Waals surface area (Å²) in [6.07, 6.45) is 0. The Labute approximate surface area is 96.3 Å². The number of hydrogen-bond acceptors (Lipinski definition) is 2. The second kappa shape index (κ2) is 5.38. The lowest BCUT2D eigenvalue weighted by Gasteiger charge is -2.17. The SMILES string of the molecule is CC(C)[C@@H](C)NCc1cc(Cl)ccc1O. The summed E-state index contributed by atoms with van der Waals surface area (Å²) in [5.74, 6) is 0.870. The van der Waals surface area contributed by atoms with Crippen LogP contribution in [-0.2, 0) is 6.54 Å². The summed E-state index contributed by atoms with van der Waals surface area (Å²) >= 11 is 5.86. The second-order valence-electron chi connectivity index (χ2n) is 4.19. The normalized spacial score (nSPS) is 13.1. The first-order valence-electron chi connectivity index (χ1n) is 5.21. The van der Waals surface area contributed by atoms with Crippen molar-refractivity contribution in [3.05, 3.63) is 28.8 Å². The number of benzene rings is 1. The van der Waals surface area contributed by atoms with Gasteiger partial charge < -0.3 is 10.4 Å². The van der Waals surface area contributed by atoms with Gasteiger partial charge in [0, 0.05) is 23.2 Å². The third-order valence-electron chi connectivity index (χ3n) is 2.66. The monoisotopic (exact) mass is 227 g/mol. The molecule has 0 fully saturated rings. The number of nitrogens with one attached hydrogen (secondary N) is 1. The average molecular weight is 228 g/mol. The predicted octanol–water partition coefficient (Wildman–Crippen LogP) is 3.18. The van der Waals surface area contributed by atoms with E-state index >= 15 is 0 Å². The smallest absolute Gasteiger partial charge is 0.120 e. The largest absolute Gasteiger partial charge is 0.508 e. The number of rotatable bonds is 4. The molecule has 15 heavy (non-hydrogen) atoms. The molecule has 0 aliphatic heterocycles. The second-order valence-corrected chi connectivity index (χ2v) is 4.62. The Morgan fingerprint density at radius 2 is 2.00 bits per heavy atom. The summed E-state index contributed by atoms with van der Waals surface area (Å²) in [4.78, 5) is 0. The summed E-state index contributed by atoms with van der Waals surface area (Å²) in [5, 5.41) is 13.6. The van der Waals surface area contributed by atoms with Gasteiger partial charge in [-0.2, -0.15) is 0 Å². The van der Waals surface area contributed by atoms with Crippen LogP contribution >= 0.6 is 11.6 Å². The van der Waals surface area contributed by atoms with E-state index in [-0.39, 0.29) is 0 Å². The highest BCUT2D eigenvalue weighted by atomic mass is 35.5. The molecule has 1 rings (SSSR count). The average Bonchev–Trinajstić information content (AvgIpc) is 2.18. The lowest BCUT2D eigenvalue weighted by Crippen LogP contribution is -2.30.